The first-order valence-corrected chi connectivity index (χ1v) is 26.0. The summed E-state index contributed by atoms with van der Waals surface area (Å²) >= 11 is 0. The molecule has 0 spiro atoms. The molecule has 6 aromatic carbocycles. The van der Waals surface area contributed by atoms with Crippen molar-refractivity contribution in [1.82, 2.24) is 18.7 Å². The summed E-state index contributed by atoms with van der Waals surface area (Å²) in [6.45, 7) is 27.5. The van der Waals surface area contributed by atoms with E-state index in [1.165, 1.54) is 27.4 Å². The minimum absolute atomic E-state index is 0. The summed E-state index contributed by atoms with van der Waals surface area (Å²) in [5, 5.41) is 13.2. The number of ether oxygens (including phenoxy) is 1. The fourth-order valence-electron chi connectivity index (χ4n) is 8.56. The molecule has 0 atom stereocenters. The van der Waals surface area contributed by atoms with Gasteiger partial charge in [0.1, 0.15) is 11.5 Å². The predicted octanol–water partition coefficient (Wildman–Crippen LogP) is 14.4. The van der Waals surface area contributed by atoms with Crippen LogP contribution in [0.5, 0.6) is 11.5 Å². The van der Waals surface area contributed by atoms with Gasteiger partial charge in [-0.05, 0) is 84.9 Å². The number of hydrogen-bond acceptors (Lipinski definition) is 3. The Bertz CT molecular complexity index is 3310. The molecule has 0 unspecified atom stereocenters. The van der Waals surface area contributed by atoms with Crippen molar-refractivity contribution in [3.8, 4) is 34.5 Å². The zero-order chi connectivity index (χ0) is 46.2. The molecule has 8 aromatic rings. The fourth-order valence-corrected chi connectivity index (χ4v) is 9.74. The molecule has 0 saturated carbocycles. The molecular formula is C58H57N5OPtSi+2. The van der Waals surface area contributed by atoms with Crippen molar-refractivity contribution in [3.05, 3.63) is 162 Å². The standard InChI is InChI=1S/C58H57N5OSi.Pt/c1-56(2,3)40-26-27-60-54(33-40)63-51-25-22-38(36-59)28-50(51)49-24-23-46(35-53(49)63)64-45-18-14-17-43(34-45)61-37-62(44-31-41(57(4,5)6)30-42(32-44)58(7,8)9)55-48(20-15-21-52(55)61)39-16-13-19-47(29-39)65(10,11)12;/h13-33H,1-12H3;/q;+2. The molecule has 0 saturated heterocycles. The Morgan fingerprint density at radius 2 is 1.35 bits per heavy atom. The number of nitriles is 1. The predicted molar refractivity (Wildman–Crippen MR) is 273 cm³/mol. The molecular weight excluding hydrogens is 1010 g/mol. The second-order valence-electron chi connectivity index (χ2n) is 21.5. The first-order chi connectivity index (χ1) is 30.7. The zero-order valence-electron chi connectivity index (χ0n) is 40.1. The molecule has 0 aliphatic carbocycles. The Hall–Kier alpha value is -6.15. The SMILES string of the molecule is CC(C)(C)c1cc([N+]2=C=[N+](c3[c-]c(Oc4[c-]c5c(cc4)c4cc(C#N)ccc4n5-c4cc(C(C)(C)C)ccn4)ccc3)c3cccc(-c4cccc([Si](C)(C)C)c4)c32)cc(C(C)(C)C)c1.[Pt+2]. The monoisotopic (exact) mass is 1060 g/mol. The van der Waals surface area contributed by atoms with Gasteiger partial charge in [0.05, 0.1) is 25.3 Å². The summed E-state index contributed by atoms with van der Waals surface area (Å²) in [5.74, 6) is 1.87. The third-order valence-corrected chi connectivity index (χ3v) is 14.5. The Balaban J connectivity index is 0.00000592. The molecule has 0 radical (unpaired) electrons. The molecule has 3 heterocycles. The molecule has 2 aromatic heterocycles. The Kier molecular flexibility index (Phi) is 11.9. The van der Waals surface area contributed by atoms with Crippen molar-refractivity contribution in [2.75, 3.05) is 0 Å². The van der Waals surface area contributed by atoms with E-state index >= 15 is 0 Å². The smallest absolute Gasteiger partial charge is 0.509 e. The van der Waals surface area contributed by atoms with Crippen LogP contribution in [0.2, 0.25) is 19.6 Å². The van der Waals surface area contributed by atoms with E-state index in [1.807, 2.05) is 48.7 Å². The van der Waals surface area contributed by atoms with Gasteiger partial charge in [-0.15, -0.1) is 23.6 Å². The van der Waals surface area contributed by atoms with Crippen LogP contribution >= 0.6 is 0 Å². The molecule has 9 rings (SSSR count). The molecule has 0 fully saturated rings. The summed E-state index contributed by atoms with van der Waals surface area (Å²) in [5.41, 5.74) is 12.1. The van der Waals surface area contributed by atoms with Crippen LogP contribution in [0.15, 0.2) is 128 Å². The van der Waals surface area contributed by atoms with Crippen LogP contribution in [0.25, 0.3) is 38.8 Å². The molecule has 332 valence electrons. The first-order valence-electron chi connectivity index (χ1n) is 22.5. The van der Waals surface area contributed by atoms with Gasteiger partial charge in [0.25, 0.3) is 5.69 Å². The second kappa shape index (κ2) is 16.9. The van der Waals surface area contributed by atoms with Gasteiger partial charge in [-0.3, -0.25) is 0 Å². The maximum absolute atomic E-state index is 9.83. The van der Waals surface area contributed by atoms with Gasteiger partial charge < -0.3 is 9.30 Å². The van der Waals surface area contributed by atoms with Crippen LogP contribution in [-0.2, 0) is 37.3 Å². The van der Waals surface area contributed by atoms with Crippen LogP contribution in [-0.4, -0.2) is 23.6 Å². The zero-order valence-corrected chi connectivity index (χ0v) is 43.4. The third-order valence-electron chi connectivity index (χ3n) is 12.5. The van der Waals surface area contributed by atoms with Crippen LogP contribution in [0, 0.1) is 23.5 Å². The van der Waals surface area contributed by atoms with E-state index in [0.717, 1.165) is 55.9 Å². The molecule has 66 heavy (non-hydrogen) atoms. The minimum Gasteiger partial charge on any atom is -0.509 e. The van der Waals surface area contributed by atoms with E-state index in [9.17, 15) is 5.26 Å². The quantitative estimate of drug-likeness (QED) is 0.0908. The van der Waals surface area contributed by atoms with Crippen LogP contribution in [0.1, 0.15) is 84.6 Å². The number of rotatable bonds is 7. The van der Waals surface area contributed by atoms with E-state index in [-0.39, 0.29) is 37.3 Å². The van der Waals surface area contributed by atoms with Crippen molar-refractivity contribution >= 4 is 63.8 Å². The normalized spacial score (nSPS) is 13.0. The Morgan fingerprint density at radius 1 is 0.667 bits per heavy atom. The van der Waals surface area contributed by atoms with Crippen molar-refractivity contribution in [2.45, 2.75) is 98.2 Å². The fraction of sp³-hybridized carbons (Fsp3) is 0.259. The summed E-state index contributed by atoms with van der Waals surface area (Å²) in [4.78, 5) is 4.84. The molecule has 6 nitrogen and oxygen atoms in total. The Morgan fingerprint density at radius 3 is 2.03 bits per heavy atom. The second-order valence-corrected chi connectivity index (χ2v) is 26.5. The van der Waals surface area contributed by atoms with Gasteiger partial charge in [-0.2, -0.15) is 17.4 Å². The summed E-state index contributed by atoms with van der Waals surface area (Å²) in [6.07, 6.45) is 1.86. The van der Waals surface area contributed by atoms with E-state index in [1.54, 1.807) is 0 Å². The van der Waals surface area contributed by atoms with Gasteiger partial charge in [0, 0.05) is 41.4 Å². The molecule has 0 N–H and O–H groups in total. The molecule has 0 amide bonds. The Labute approximate surface area is 405 Å². The van der Waals surface area contributed by atoms with Crippen molar-refractivity contribution in [3.63, 3.8) is 0 Å². The van der Waals surface area contributed by atoms with Gasteiger partial charge in [-0.1, -0.05) is 146 Å². The van der Waals surface area contributed by atoms with Crippen LogP contribution in [0.4, 0.5) is 22.7 Å². The van der Waals surface area contributed by atoms with E-state index in [2.05, 4.69) is 199 Å². The van der Waals surface area contributed by atoms with Crippen molar-refractivity contribution in [1.29, 1.82) is 5.26 Å². The van der Waals surface area contributed by atoms with Crippen LogP contribution < -0.4 is 19.1 Å². The third kappa shape index (κ3) is 8.79. The minimum atomic E-state index is -1.60. The number of para-hydroxylation sites is 1. The van der Waals surface area contributed by atoms with Gasteiger partial charge >= 0.3 is 32.8 Å². The summed E-state index contributed by atoms with van der Waals surface area (Å²) in [7, 11) is -1.60. The maximum atomic E-state index is 9.83. The maximum Gasteiger partial charge on any atom is 2.00 e. The summed E-state index contributed by atoms with van der Waals surface area (Å²) in [6, 6.07) is 56.0. The van der Waals surface area contributed by atoms with Crippen molar-refractivity contribution < 1.29 is 25.8 Å². The van der Waals surface area contributed by atoms with E-state index in [4.69, 9.17) is 9.72 Å². The summed E-state index contributed by atoms with van der Waals surface area (Å²) < 4.78 is 13.2. The first kappa shape index (κ1) is 46.4. The number of fused-ring (bicyclic) bond motifs is 4. The molecule has 8 heteroatoms. The van der Waals surface area contributed by atoms with E-state index in [0.29, 0.717) is 17.1 Å². The molecule has 0 bridgehead atoms. The molecule has 1 aliphatic heterocycles. The average molecular weight is 1060 g/mol. The average Bonchev–Trinajstić information content (AvgIpc) is 3.81. The van der Waals surface area contributed by atoms with E-state index < -0.39 is 8.07 Å². The van der Waals surface area contributed by atoms with Crippen molar-refractivity contribution in [2.24, 2.45) is 0 Å². The van der Waals surface area contributed by atoms with Gasteiger partial charge in [0.15, 0.2) is 0 Å². The number of pyridine rings is 1. The largest absolute Gasteiger partial charge is 2.00 e. The number of benzene rings is 6. The topological polar surface area (TPSA) is 56.9 Å². The number of hydrogen-bond donors (Lipinski definition) is 0. The number of aromatic nitrogens is 2. The number of nitrogens with zero attached hydrogens (tertiary/aromatic N) is 5. The van der Waals surface area contributed by atoms with Gasteiger partial charge in [0.2, 0.25) is 5.69 Å². The molecule has 1 aliphatic rings. The van der Waals surface area contributed by atoms with Gasteiger partial charge in [-0.25, -0.2) is 4.98 Å². The van der Waals surface area contributed by atoms with Crippen LogP contribution in [0.3, 0.4) is 0 Å².